The van der Waals surface area contributed by atoms with Crippen molar-refractivity contribution in [2.45, 2.75) is 6.54 Å². The van der Waals surface area contributed by atoms with E-state index in [-0.39, 0.29) is 4.87 Å². The molecule has 4 aromatic rings. The van der Waals surface area contributed by atoms with Crippen molar-refractivity contribution in [2.75, 3.05) is 6.61 Å². The largest absolute Gasteiger partial charge is 0.492 e. The number of ether oxygens (including phenoxy) is 1. The van der Waals surface area contributed by atoms with Gasteiger partial charge in [-0.2, -0.15) is 0 Å². The Hall–Kier alpha value is -2.59. The Balaban J connectivity index is 1.52. The number of rotatable bonds is 4. The van der Waals surface area contributed by atoms with Gasteiger partial charge >= 0.3 is 4.87 Å². The van der Waals surface area contributed by atoms with Crippen molar-refractivity contribution in [3.8, 4) is 5.75 Å². The molecule has 0 aliphatic rings. The van der Waals surface area contributed by atoms with E-state index in [9.17, 15) is 4.79 Å². The molecule has 1 aromatic heterocycles. The minimum absolute atomic E-state index is 0.0633. The molecule has 4 rings (SSSR count). The van der Waals surface area contributed by atoms with Crippen LogP contribution in [-0.2, 0) is 6.54 Å². The Bertz CT molecular complexity index is 1030. The van der Waals surface area contributed by atoms with Crippen LogP contribution in [-0.4, -0.2) is 11.2 Å². The second-order valence-corrected chi connectivity index (χ2v) is 6.34. The maximum atomic E-state index is 12.1. The van der Waals surface area contributed by atoms with Crippen LogP contribution in [0.3, 0.4) is 0 Å². The Kier molecular flexibility index (Phi) is 3.60. The molecule has 4 heteroatoms. The van der Waals surface area contributed by atoms with Crippen molar-refractivity contribution >= 4 is 32.3 Å². The maximum absolute atomic E-state index is 12.1. The Morgan fingerprint density at radius 1 is 0.913 bits per heavy atom. The van der Waals surface area contributed by atoms with Gasteiger partial charge in [0.2, 0.25) is 0 Å². The van der Waals surface area contributed by atoms with E-state index < -0.39 is 0 Å². The van der Waals surface area contributed by atoms with Crippen molar-refractivity contribution in [1.29, 1.82) is 0 Å². The molecule has 0 N–H and O–H groups in total. The molecule has 23 heavy (non-hydrogen) atoms. The number of nitrogens with zero attached hydrogens (tertiary/aromatic N) is 1. The highest BCUT2D eigenvalue weighted by molar-refractivity contribution is 7.16. The van der Waals surface area contributed by atoms with Gasteiger partial charge in [0.1, 0.15) is 12.4 Å². The van der Waals surface area contributed by atoms with E-state index in [2.05, 4.69) is 18.2 Å². The fourth-order valence-corrected chi connectivity index (χ4v) is 3.66. The minimum atomic E-state index is 0.0633. The first-order chi connectivity index (χ1) is 11.3. The van der Waals surface area contributed by atoms with Crippen molar-refractivity contribution in [3.05, 3.63) is 76.4 Å². The smallest absolute Gasteiger partial charge is 0.308 e. The zero-order chi connectivity index (χ0) is 15.6. The summed E-state index contributed by atoms with van der Waals surface area (Å²) < 4.78 is 8.63. The third-order valence-electron chi connectivity index (χ3n) is 3.88. The zero-order valence-electron chi connectivity index (χ0n) is 12.4. The van der Waals surface area contributed by atoms with E-state index in [1.54, 1.807) is 4.57 Å². The number of fused-ring (bicyclic) bond motifs is 2. The number of aromatic nitrogens is 1. The fraction of sp³-hybridized carbons (Fsp3) is 0.105. The molecule has 0 amide bonds. The Morgan fingerprint density at radius 3 is 2.61 bits per heavy atom. The predicted octanol–water partition coefficient (Wildman–Crippen LogP) is 4.30. The van der Waals surface area contributed by atoms with Crippen molar-refractivity contribution in [1.82, 2.24) is 4.57 Å². The summed E-state index contributed by atoms with van der Waals surface area (Å²) in [5.41, 5.74) is 0.976. The van der Waals surface area contributed by atoms with Crippen LogP contribution in [0.2, 0.25) is 0 Å². The van der Waals surface area contributed by atoms with Crippen LogP contribution < -0.4 is 9.61 Å². The van der Waals surface area contributed by atoms with Gasteiger partial charge in [0.15, 0.2) is 0 Å². The average Bonchev–Trinajstić information content (AvgIpc) is 2.90. The lowest BCUT2D eigenvalue weighted by atomic mass is 10.1. The summed E-state index contributed by atoms with van der Waals surface area (Å²) in [4.78, 5) is 12.1. The van der Waals surface area contributed by atoms with Crippen LogP contribution in [0.4, 0.5) is 0 Å². The molecule has 114 valence electrons. The summed E-state index contributed by atoms with van der Waals surface area (Å²) in [6, 6.07) is 22.1. The third-order valence-corrected chi connectivity index (χ3v) is 4.84. The normalized spacial score (nSPS) is 11.1. The second-order valence-electron chi connectivity index (χ2n) is 5.34. The molecule has 0 aliphatic carbocycles. The predicted molar refractivity (Wildman–Crippen MR) is 95.5 cm³/mol. The van der Waals surface area contributed by atoms with Crippen LogP contribution in [0.25, 0.3) is 21.0 Å². The third kappa shape index (κ3) is 2.73. The monoisotopic (exact) mass is 321 g/mol. The number of benzene rings is 3. The summed E-state index contributed by atoms with van der Waals surface area (Å²) in [7, 11) is 0. The molecule has 0 unspecified atom stereocenters. The van der Waals surface area contributed by atoms with Gasteiger partial charge in [-0.1, -0.05) is 53.8 Å². The van der Waals surface area contributed by atoms with Gasteiger partial charge in [0.25, 0.3) is 0 Å². The van der Waals surface area contributed by atoms with Crippen LogP contribution >= 0.6 is 11.3 Å². The molecule has 0 spiro atoms. The summed E-state index contributed by atoms with van der Waals surface area (Å²) >= 11 is 1.28. The lowest BCUT2D eigenvalue weighted by molar-refractivity contribution is 0.300. The van der Waals surface area contributed by atoms with Crippen LogP contribution in [0, 0.1) is 0 Å². The first-order valence-electron chi connectivity index (χ1n) is 7.51. The lowest BCUT2D eigenvalue weighted by Gasteiger charge is -2.08. The van der Waals surface area contributed by atoms with Gasteiger partial charge in [-0.05, 0) is 35.0 Å². The van der Waals surface area contributed by atoms with E-state index >= 15 is 0 Å². The van der Waals surface area contributed by atoms with Gasteiger partial charge in [0, 0.05) is 0 Å². The molecule has 0 bridgehead atoms. The number of para-hydroxylation sites is 1. The first kappa shape index (κ1) is 14.0. The first-order valence-corrected chi connectivity index (χ1v) is 8.33. The molecule has 3 aromatic carbocycles. The van der Waals surface area contributed by atoms with E-state index in [0.29, 0.717) is 13.2 Å². The number of hydrogen-bond acceptors (Lipinski definition) is 3. The molecule has 0 aliphatic heterocycles. The zero-order valence-corrected chi connectivity index (χ0v) is 13.3. The molecular weight excluding hydrogens is 306 g/mol. The van der Waals surface area contributed by atoms with Gasteiger partial charge in [-0.25, -0.2) is 0 Å². The Labute approximate surface area is 137 Å². The SMILES string of the molecule is O=c1sc2ccccc2n1CCOc1ccc2ccccc2c1. The standard InChI is InChI=1S/C19H15NO2S/c21-19-20(17-7-3-4-8-18(17)23-19)11-12-22-16-10-9-14-5-1-2-6-15(14)13-16/h1-10,13H,11-12H2. The van der Waals surface area contributed by atoms with Gasteiger partial charge < -0.3 is 4.74 Å². The van der Waals surface area contributed by atoms with Crippen LogP contribution in [0.1, 0.15) is 0 Å². The highest BCUT2D eigenvalue weighted by Gasteiger charge is 2.06. The molecule has 0 saturated carbocycles. The van der Waals surface area contributed by atoms with Gasteiger partial charge in [-0.15, -0.1) is 0 Å². The number of thiazole rings is 1. The van der Waals surface area contributed by atoms with Crippen LogP contribution in [0.15, 0.2) is 71.5 Å². The minimum Gasteiger partial charge on any atom is -0.492 e. The van der Waals surface area contributed by atoms with Crippen molar-refractivity contribution < 1.29 is 4.74 Å². The Morgan fingerprint density at radius 2 is 1.70 bits per heavy atom. The van der Waals surface area contributed by atoms with Crippen molar-refractivity contribution in [3.63, 3.8) is 0 Å². The second kappa shape index (κ2) is 5.89. The highest BCUT2D eigenvalue weighted by atomic mass is 32.1. The highest BCUT2D eigenvalue weighted by Crippen LogP contribution is 2.21. The molecular formula is C19H15NO2S. The lowest BCUT2D eigenvalue weighted by Crippen LogP contribution is -2.17. The summed E-state index contributed by atoms with van der Waals surface area (Å²) in [6.45, 7) is 1.02. The summed E-state index contributed by atoms with van der Waals surface area (Å²) in [5.74, 6) is 0.830. The maximum Gasteiger partial charge on any atom is 0.308 e. The van der Waals surface area contributed by atoms with E-state index in [4.69, 9.17) is 4.74 Å². The topological polar surface area (TPSA) is 31.2 Å². The molecule has 3 nitrogen and oxygen atoms in total. The molecule has 0 radical (unpaired) electrons. The molecule has 0 saturated heterocycles. The van der Waals surface area contributed by atoms with Gasteiger partial charge in [0.05, 0.1) is 16.8 Å². The average molecular weight is 321 g/mol. The summed E-state index contributed by atoms with van der Waals surface area (Å²) in [5, 5.41) is 2.35. The summed E-state index contributed by atoms with van der Waals surface area (Å²) in [6.07, 6.45) is 0. The number of hydrogen-bond donors (Lipinski definition) is 0. The van der Waals surface area contributed by atoms with Crippen molar-refractivity contribution in [2.24, 2.45) is 0 Å². The quantitative estimate of drug-likeness (QED) is 0.561. The molecule has 0 atom stereocenters. The van der Waals surface area contributed by atoms with Gasteiger partial charge in [-0.3, -0.25) is 9.36 Å². The van der Waals surface area contributed by atoms with E-state index in [0.717, 1.165) is 21.4 Å². The molecule has 0 fully saturated rings. The van der Waals surface area contributed by atoms with E-state index in [1.807, 2.05) is 48.5 Å². The molecule has 1 heterocycles. The van der Waals surface area contributed by atoms with Crippen LogP contribution in [0.5, 0.6) is 5.75 Å². The fourth-order valence-electron chi connectivity index (χ4n) is 2.74. The van der Waals surface area contributed by atoms with E-state index in [1.165, 1.54) is 16.7 Å².